The van der Waals surface area contributed by atoms with Crippen molar-refractivity contribution in [2.75, 3.05) is 0 Å². The minimum atomic E-state index is -0.400. The highest BCUT2D eigenvalue weighted by atomic mass is 79.9. The molecular weight excluding hydrogens is 406 g/mol. The maximum atomic E-state index is 12.2. The number of hydrazine groups is 1. The van der Waals surface area contributed by atoms with Gasteiger partial charge in [0.05, 0.1) is 6.42 Å². The standard InChI is InChI=1S/C18H15BrClN3O2/c1-10-14(15-8-12(19)4-7-16(15)21-10)9-17(24)22-23-18(25)11-2-5-13(20)6-3-11/h2-8,21H,9H2,1H3,(H,22,24)(H,23,25). The molecule has 0 saturated carbocycles. The average Bonchev–Trinajstić information content (AvgIpc) is 2.88. The largest absolute Gasteiger partial charge is 0.358 e. The number of aromatic amines is 1. The number of carbonyl (C=O) groups excluding carboxylic acids is 2. The lowest BCUT2D eigenvalue weighted by molar-refractivity contribution is -0.121. The van der Waals surface area contributed by atoms with E-state index in [9.17, 15) is 9.59 Å². The first-order valence-corrected chi connectivity index (χ1v) is 8.72. The number of carbonyl (C=O) groups is 2. The van der Waals surface area contributed by atoms with Crippen molar-refractivity contribution in [2.45, 2.75) is 13.3 Å². The molecular formula is C18H15BrClN3O2. The molecule has 0 radical (unpaired) electrons. The first kappa shape index (κ1) is 17.5. The van der Waals surface area contributed by atoms with Crippen LogP contribution in [0.5, 0.6) is 0 Å². The highest BCUT2D eigenvalue weighted by molar-refractivity contribution is 9.10. The molecule has 1 heterocycles. The summed E-state index contributed by atoms with van der Waals surface area (Å²) in [6, 6.07) is 12.3. The van der Waals surface area contributed by atoms with Crippen LogP contribution >= 0.6 is 27.5 Å². The molecule has 3 rings (SSSR count). The van der Waals surface area contributed by atoms with Crippen LogP contribution in [0.25, 0.3) is 10.9 Å². The lowest BCUT2D eigenvalue weighted by Crippen LogP contribution is -2.42. The lowest BCUT2D eigenvalue weighted by atomic mass is 10.1. The number of nitrogens with one attached hydrogen (secondary N) is 3. The van der Waals surface area contributed by atoms with Crippen molar-refractivity contribution in [3.63, 3.8) is 0 Å². The zero-order valence-corrected chi connectivity index (χ0v) is 15.7. The van der Waals surface area contributed by atoms with Crippen molar-refractivity contribution >= 4 is 50.2 Å². The third kappa shape index (κ3) is 4.03. The van der Waals surface area contributed by atoms with E-state index < -0.39 is 5.91 Å². The Balaban J connectivity index is 1.67. The van der Waals surface area contributed by atoms with Crippen LogP contribution in [0, 0.1) is 6.92 Å². The molecule has 5 nitrogen and oxygen atoms in total. The predicted molar refractivity (Wildman–Crippen MR) is 102 cm³/mol. The van der Waals surface area contributed by atoms with Gasteiger partial charge in [-0.2, -0.15) is 0 Å². The number of hydrogen-bond acceptors (Lipinski definition) is 2. The number of aryl methyl sites for hydroxylation is 1. The van der Waals surface area contributed by atoms with Crippen LogP contribution in [0.3, 0.4) is 0 Å². The fourth-order valence-corrected chi connectivity index (χ4v) is 3.07. The van der Waals surface area contributed by atoms with E-state index in [1.807, 2.05) is 25.1 Å². The zero-order chi connectivity index (χ0) is 18.0. The van der Waals surface area contributed by atoms with Gasteiger partial charge in [0.15, 0.2) is 0 Å². The summed E-state index contributed by atoms with van der Waals surface area (Å²) in [5.41, 5.74) is 8.05. The Morgan fingerprint density at radius 3 is 2.56 bits per heavy atom. The van der Waals surface area contributed by atoms with Gasteiger partial charge in [-0.3, -0.25) is 20.4 Å². The molecule has 7 heteroatoms. The SMILES string of the molecule is Cc1[nH]c2ccc(Br)cc2c1CC(=O)NNC(=O)c1ccc(Cl)cc1. The molecule has 0 spiro atoms. The number of amides is 2. The highest BCUT2D eigenvalue weighted by Gasteiger charge is 2.14. The van der Waals surface area contributed by atoms with Crippen LogP contribution in [-0.4, -0.2) is 16.8 Å². The number of halogens is 2. The van der Waals surface area contributed by atoms with Gasteiger partial charge in [0, 0.05) is 31.7 Å². The summed E-state index contributed by atoms with van der Waals surface area (Å²) < 4.78 is 0.941. The fraction of sp³-hybridized carbons (Fsp3) is 0.111. The summed E-state index contributed by atoms with van der Waals surface area (Å²) in [5, 5.41) is 1.52. The Hall–Kier alpha value is -2.31. The first-order valence-electron chi connectivity index (χ1n) is 7.55. The van der Waals surface area contributed by atoms with Crippen molar-refractivity contribution in [3.8, 4) is 0 Å². The fourth-order valence-electron chi connectivity index (χ4n) is 2.59. The van der Waals surface area contributed by atoms with E-state index >= 15 is 0 Å². The molecule has 0 aliphatic carbocycles. The van der Waals surface area contributed by atoms with Crippen molar-refractivity contribution in [1.82, 2.24) is 15.8 Å². The summed E-state index contributed by atoms with van der Waals surface area (Å²) in [7, 11) is 0. The Morgan fingerprint density at radius 1 is 1.12 bits per heavy atom. The molecule has 3 N–H and O–H groups in total. The number of aromatic nitrogens is 1. The van der Waals surface area contributed by atoms with E-state index in [-0.39, 0.29) is 12.3 Å². The number of fused-ring (bicyclic) bond motifs is 1. The second-order valence-corrected chi connectivity index (χ2v) is 6.96. The van der Waals surface area contributed by atoms with Crippen LogP contribution in [-0.2, 0) is 11.2 Å². The predicted octanol–water partition coefficient (Wildman–Crippen LogP) is 3.90. The third-order valence-corrected chi connectivity index (χ3v) is 4.59. The van der Waals surface area contributed by atoms with Crippen molar-refractivity contribution in [2.24, 2.45) is 0 Å². The first-order chi connectivity index (χ1) is 11.9. The summed E-state index contributed by atoms with van der Waals surface area (Å²) in [6.45, 7) is 1.92. The van der Waals surface area contributed by atoms with E-state index in [0.29, 0.717) is 10.6 Å². The topological polar surface area (TPSA) is 74.0 Å². The summed E-state index contributed by atoms with van der Waals surface area (Å²) in [5.74, 6) is -0.699. The lowest BCUT2D eigenvalue weighted by Gasteiger charge is -2.08. The summed E-state index contributed by atoms with van der Waals surface area (Å²) in [4.78, 5) is 27.5. The monoisotopic (exact) mass is 419 g/mol. The molecule has 2 amide bonds. The molecule has 2 aromatic carbocycles. The zero-order valence-electron chi connectivity index (χ0n) is 13.3. The number of rotatable bonds is 3. The smallest absolute Gasteiger partial charge is 0.269 e. The average molecular weight is 421 g/mol. The minimum absolute atomic E-state index is 0.156. The normalized spacial score (nSPS) is 10.7. The molecule has 0 bridgehead atoms. The molecule has 0 atom stereocenters. The minimum Gasteiger partial charge on any atom is -0.358 e. The van der Waals surface area contributed by atoms with Gasteiger partial charge in [-0.05, 0) is 55.0 Å². The molecule has 3 aromatic rings. The second-order valence-electron chi connectivity index (χ2n) is 5.60. The number of benzene rings is 2. The van der Waals surface area contributed by atoms with Gasteiger partial charge in [0.2, 0.25) is 5.91 Å². The molecule has 1 aromatic heterocycles. The summed E-state index contributed by atoms with van der Waals surface area (Å²) >= 11 is 9.23. The van der Waals surface area contributed by atoms with Crippen molar-refractivity contribution in [1.29, 1.82) is 0 Å². The van der Waals surface area contributed by atoms with Crippen LogP contribution in [0.4, 0.5) is 0 Å². The maximum Gasteiger partial charge on any atom is 0.269 e. The van der Waals surface area contributed by atoms with Crippen LogP contribution in [0.15, 0.2) is 46.9 Å². The van der Waals surface area contributed by atoms with Crippen LogP contribution < -0.4 is 10.9 Å². The van der Waals surface area contributed by atoms with Gasteiger partial charge in [-0.15, -0.1) is 0 Å². The molecule has 0 aliphatic heterocycles. The second kappa shape index (κ2) is 7.29. The quantitative estimate of drug-likeness (QED) is 0.562. The van der Waals surface area contributed by atoms with E-state index in [4.69, 9.17) is 11.6 Å². The van der Waals surface area contributed by atoms with Gasteiger partial charge >= 0.3 is 0 Å². The van der Waals surface area contributed by atoms with Gasteiger partial charge in [-0.25, -0.2) is 0 Å². The Morgan fingerprint density at radius 2 is 1.84 bits per heavy atom. The molecule has 0 saturated heterocycles. The maximum absolute atomic E-state index is 12.2. The Bertz CT molecular complexity index is 951. The van der Waals surface area contributed by atoms with Gasteiger partial charge < -0.3 is 4.98 Å². The van der Waals surface area contributed by atoms with E-state index in [1.54, 1.807) is 24.3 Å². The van der Waals surface area contributed by atoms with Gasteiger partial charge in [0.25, 0.3) is 5.91 Å². The number of H-pyrrole nitrogens is 1. The van der Waals surface area contributed by atoms with Crippen molar-refractivity contribution < 1.29 is 9.59 Å². The third-order valence-electron chi connectivity index (χ3n) is 3.84. The Kier molecular flexibility index (Phi) is 5.11. The van der Waals surface area contributed by atoms with Crippen LogP contribution in [0.1, 0.15) is 21.6 Å². The molecule has 128 valence electrons. The summed E-state index contributed by atoms with van der Waals surface area (Å²) in [6.07, 6.45) is 0.156. The number of hydrogen-bond donors (Lipinski definition) is 3. The molecule has 0 unspecified atom stereocenters. The molecule has 25 heavy (non-hydrogen) atoms. The Labute approximate surface area is 157 Å². The highest BCUT2D eigenvalue weighted by Crippen LogP contribution is 2.25. The molecule has 0 aliphatic rings. The van der Waals surface area contributed by atoms with Crippen LogP contribution in [0.2, 0.25) is 5.02 Å². The molecule has 0 fully saturated rings. The van der Waals surface area contributed by atoms with E-state index in [0.717, 1.165) is 26.6 Å². The van der Waals surface area contributed by atoms with E-state index in [2.05, 4.69) is 31.8 Å². The van der Waals surface area contributed by atoms with E-state index in [1.165, 1.54) is 0 Å². The van der Waals surface area contributed by atoms with Gasteiger partial charge in [0.1, 0.15) is 0 Å². The van der Waals surface area contributed by atoms with Crippen molar-refractivity contribution in [3.05, 3.63) is 68.8 Å². The van der Waals surface area contributed by atoms with Gasteiger partial charge in [-0.1, -0.05) is 27.5 Å².